The van der Waals surface area contributed by atoms with Gasteiger partial charge in [-0.3, -0.25) is 0 Å². The Balaban J connectivity index is 1.96. The summed E-state index contributed by atoms with van der Waals surface area (Å²) < 4.78 is 12.2. The lowest BCUT2D eigenvalue weighted by atomic mass is 10.1. The SMILES string of the molecule is COCn1cc(-c2ccc(Cl)cc2)nc1[C@@H](O)c1ccc(OC)cc1. The molecule has 0 saturated heterocycles. The first-order valence-electron chi connectivity index (χ1n) is 7.76. The van der Waals surface area contributed by atoms with Crippen LogP contribution in [-0.4, -0.2) is 28.9 Å². The van der Waals surface area contributed by atoms with Gasteiger partial charge in [0, 0.05) is 23.9 Å². The molecule has 0 saturated carbocycles. The lowest BCUT2D eigenvalue weighted by Crippen LogP contribution is -2.10. The molecule has 0 bridgehead atoms. The molecule has 1 atom stereocenters. The average Bonchev–Trinajstić information content (AvgIpc) is 3.06. The van der Waals surface area contributed by atoms with Crippen LogP contribution >= 0.6 is 11.6 Å². The standard InChI is InChI=1S/C19H19ClN2O3/c1-24-12-22-11-17(13-3-7-15(20)8-4-13)21-19(22)18(23)14-5-9-16(25-2)10-6-14/h3-11,18,23H,12H2,1-2H3/t18-/m0/s1. The summed E-state index contributed by atoms with van der Waals surface area (Å²) in [7, 11) is 3.21. The summed E-state index contributed by atoms with van der Waals surface area (Å²) in [5, 5.41) is 11.4. The fraction of sp³-hybridized carbons (Fsp3) is 0.211. The molecule has 1 N–H and O–H groups in total. The zero-order valence-electron chi connectivity index (χ0n) is 14.0. The molecular weight excluding hydrogens is 340 g/mol. The van der Waals surface area contributed by atoms with Crippen molar-refractivity contribution in [3.63, 3.8) is 0 Å². The van der Waals surface area contributed by atoms with E-state index in [1.807, 2.05) is 54.7 Å². The average molecular weight is 359 g/mol. The maximum absolute atomic E-state index is 10.8. The van der Waals surface area contributed by atoms with Crippen molar-refractivity contribution in [2.75, 3.05) is 14.2 Å². The monoisotopic (exact) mass is 358 g/mol. The summed E-state index contributed by atoms with van der Waals surface area (Å²) in [5.41, 5.74) is 2.39. The molecule has 0 aliphatic heterocycles. The van der Waals surface area contributed by atoms with Gasteiger partial charge in [0.25, 0.3) is 0 Å². The van der Waals surface area contributed by atoms with Crippen LogP contribution in [0.25, 0.3) is 11.3 Å². The molecule has 2 aromatic carbocycles. The highest BCUT2D eigenvalue weighted by atomic mass is 35.5. The maximum Gasteiger partial charge on any atom is 0.144 e. The van der Waals surface area contributed by atoms with E-state index in [0.29, 0.717) is 17.6 Å². The molecule has 130 valence electrons. The number of benzene rings is 2. The van der Waals surface area contributed by atoms with Crippen LogP contribution in [0.15, 0.2) is 54.7 Å². The summed E-state index contributed by atoms with van der Waals surface area (Å²) in [5.74, 6) is 1.25. The second-order valence-electron chi connectivity index (χ2n) is 5.55. The Labute approximate surface area is 151 Å². The Morgan fingerprint density at radius 2 is 1.76 bits per heavy atom. The fourth-order valence-electron chi connectivity index (χ4n) is 2.59. The molecular formula is C19H19ClN2O3. The predicted octanol–water partition coefficient (Wildman–Crippen LogP) is 3.90. The first-order chi connectivity index (χ1) is 12.1. The number of halogens is 1. The maximum atomic E-state index is 10.8. The van der Waals surface area contributed by atoms with Gasteiger partial charge in [0.15, 0.2) is 0 Å². The Bertz CT molecular complexity index is 829. The number of hydrogen-bond donors (Lipinski definition) is 1. The van der Waals surface area contributed by atoms with Crippen molar-refractivity contribution in [3.05, 3.63) is 71.1 Å². The Morgan fingerprint density at radius 1 is 1.08 bits per heavy atom. The van der Waals surface area contributed by atoms with E-state index in [9.17, 15) is 5.11 Å². The summed E-state index contributed by atoms with van der Waals surface area (Å²) in [6.07, 6.45) is 0.983. The van der Waals surface area contributed by atoms with Gasteiger partial charge in [-0.15, -0.1) is 0 Å². The van der Waals surface area contributed by atoms with Crippen LogP contribution in [0.4, 0.5) is 0 Å². The topological polar surface area (TPSA) is 56.5 Å². The van der Waals surface area contributed by atoms with Crippen LogP contribution in [0.1, 0.15) is 17.5 Å². The van der Waals surface area contributed by atoms with Gasteiger partial charge in [0.1, 0.15) is 24.4 Å². The predicted molar refractivity (Wildman–Crippen MR) is 96.7 cm³/mol. The van der Waals surface area contributed by atoms with Gasteiger partial charge in [-0.1, -0.05) is 35.9 Å². The van der Waals surface area contributed by atoms with Crippen LogP contribution in [0.2, 0.25) is 5.02 Å². The number of aliphatic hydroxyl groups excluding tert-OH is 1. The number of methoxy groups -OCH3 is 2. The molecule has 3 rings (SSSR count). The highest BCUT2D eigenvalue weighted by Gasteiger charge is 2.19. The second-order valence-corrected chi connectivity index (χ2v) is 5.99. The molecule has 0 radical (unpaired) electrons. The second kappa shape index (κ2) is 7.70. The van der Waals surface area contributed by atoms with Crippen molar-refractivity contribution in [3.8, 4) is 17.0 Å². The molecule has 1 aromatic heterocycles. The molecule has 0 fully saturated rings. The van der Waals surface area contributed by atoms with E-state index in [-0.39, 0.29) is 0 Å². The number of imidazole rings is 1. The Morgan fingerprint density at radius 3 is 2.36 bits per heavy atom. The molecule has 0 aliphatic rings. The lowest BCUT2D eigenvalue weighted by Gasteiger charge is -2.13. The summed E-state index contributed by atoms with van der Waals surface area (Å²) in [4.78, 5) is 4.61. The van der Waals surface area contributed by atoms with Crippen LogP contribution < -0.4 is 4.74 Å². The van der Waals surface area contributed by atoms with E-state index in [2.05, 4.69) is 4.98 Å². The first-order valence-corrected chi connectivity index (χ1v) is 8.14. The van der Waals surface area contributed by atoms with Crippen molar-refractivity contribution < 1.29 is 14.6 Å². The molecule has 0 aliphatic carbocycles. The van der Waals surface area contributed by atoms with Crippen molar-refractivity contribution in [1.29, 1.82) is 0 Å². The number of rotatable bonds is 6. The molecule has 0 spiro atoms. The van der Waals surface area contributed by atoms with Gasteiger partial charge in [0.05, 0.1) is 12.8 Å². The van der Waals surface area contributed by atoms with E-state index in [1.165, 1.54) is 0 Å². The van der Waals surface area contributed by atoms with Crippen LogP contribution in [0.5, 0.6) is 5.75 Å². The van der Waals surface area contributed by atoms with E-state index in [0.717, 1.165) is 22.6 Å². The minimum Gasteiger partial charge on any atom is -0.497 e. The van der Waals surface area contributed by atoms with E-state index in [4.69, 9.17) is 21.1 Å². The first kappa shape index (κ1) is 17.5. The molecule has 0 amide bonds. The number of aliphatic hydroxyl groups is 1. The minimum absolute atomic E-state index is 0.295. The van der Waals surface area contributed by atoms with E-state index < -0.39 is 6.10 Å². The largest absolute Gasteiger partial charge is 0.497 e. The molecule has 25 heavy (non-hydrogen) atoms. The number of ether oxygens (including phenoxy) is 2. The third-order valence-corrected chi connectivity index (χ3v) is 4.14. The molecule has 3 aromatic rings. The zero-order chi connectivity index (χ0) is 17.8. The van der Waals surface area contributed by atoms with Gasteiger partial charge in [0.2, 0.25) is 0 Å². The van der Waals surface area contributed by atoms with Crippen LogP contribution in [-0.2, 0) is 11.5 Å². The smallest absolute Gasteiger partial charge is 0.144 e. The lowest BCUT2D eigenvalue weighted by molar-refractivity contribution is 0.117. The van der Waals surface area contributed by atoms with E-state index in [1.54, 1.807) is 18.8 Å². The van der Waals surface area contributed by atoms with Crippen molar-refractivity contribution in [2.24, 2.45) is 0 Å². The Hall–Kier alpha value is -2.34. The van der Waals surface area contributed by atoms with Gasteiger partial charge >= 0.3 is 0 Å². The third-order valence-electron chi connectivity index (χ3n) is 3.89. The van der Waals surface area contributed by atoms with Crippen LogP contribution in [0.3, 0.4) is 0 Å². The molecule has 5 nitrogen and oxygen atoms in total. The fourth-order valence-corrected chi connectivity index (χ4v) is 2.71. The molecule has 0 unspecified atom stereocenters. The molecule has 1 heterocycles. The minimum atomic E-state index is -0.873. The summed E-state index contributed by atoms with van der Waals surface area (Å²) >= 11 is 5.94. The van der Waals surface area contributed by atoms with Crippen LogP contribution in [0, 0.1) is 0 Å². The van der Waals surface area contributed by atoms with Gasteiger partial charge in [-0.2, -0.15) is 0 Å². The quantitative estimate of drug-likeness (QED) is 0.726. The van der Waals surface area contributed by atoms with Crippen molar-refractivity contribution in [1.82, 2.24) is 9.55 Å². The Kier molecular flexibility index (Phi) is 5.38. The van der Waals surface area contributed by atoms with E-state index >= 15 is 0 Å². The third kappa shape index (κ3) is 3.85. The van der Waals surface area contributed by atoms with Crippen molar-refractivity contribution in [2.45, 2.75) is 12.8 Å². The molecule has 6 heteroatoms. The summed E-state index contributed by atoms with van der Waals surface area (Å²) in [6, 6.07) is 14.7. The zero-order valence-corrected chi connectivity index (χ0v) is 14.8. The van der Waals surface area contributed by atoms with Gasteiger partial charge < -0.3 is 19.1 Å². The highest BCUT2D eigenvalue weighted by molar-refractivity contribution is 6.30. The number of hydrogen-bond acceptors (Lipinski definition) is 4. The summed E-state index contributed by atoms with van der Waals surface area (Å²) in [6.45, 7) is 0.295. The van der Waals surface area contributed by atoms with Crippen molar-refractivity contribution >= 4 is 11.6 Å². The van der Waals surface area contributed by atoms with Gasteiger partial charge in [-0.25, -0.2) is 4.98 Å². The number of aromatic nitrogens is 2. The normalized spacial score (nSPS) is 12.2. The number of nitrogens with zero attached hydrogens (tertiary/aromatic N) is 2. The van der Waals surface area contributed by atoms with Gasteiger partial charge in [-0.05, 0) is 29.8 Å². The highest BCUT2D eigenvalue weighted by Crippen LogP contribution is 2.27.